The molecular formula is C9H15NO4. The number of aliphatic hydroxyl groups excluding tert-OH is 1. The molecule has 5 heteroatoms. The van der Waals surface area contributed by atoms with Crippen molar-refractivity contribution in [1.82, 2.24) is 4.90 Å². The predicted molar refractivity (Wildman–Crippen MR) is 48.5 cm³/mol. The Kier molecular flexibility index (Phi) is 3.23. The van der Waals surface area contributed by atoms with Crippen LogP contribution in [0.15, 0.2) is 0 Å². The second kappa shape index (κ2) is 4.06. The number of aliphatic hydroxyl groups is 1. The average molecular weight is 201 g/mol. The number of imide groups is 1. The average Bonchev–Trinajstić information content (AvgIpc) is 2.02. The van der Waals surface area contributed by atoms with Crippen LogP contribution in [-0.2, 0) is 14.3 Å². The second-order valence-corrected chi connectivity index (χ2v) is 3.90. The highest BCUT2D eigenvalue weighted by atomic mass is 16.5. The van der Waals surface area contributed by atoms with Crippen molar-refractivity contribution in [2.45, 2.75) is 25.8 Å². The van der Waals surface area contributed by atoms with Gasteiger partial charge in [0, 0.05) is 12.1 Å². The van der Waals surface area contributed by atoms with Gasteiger partial charge in [0.1, 0.15) is 13.2 Å². The Balaban J connectivity index is 2.81. The highest BCUT2D eigenvalue weighted by molar-refractivity contribution is 5.99. The van der Waals surface area contributed by atoms with Crippen LogP contribution >= 0.6 is 0 Å². The molecule has 1 saturated heterocycles. The van der Waals surface area contributed by atoms with Gasteiger partial charge in [-0.2, -0.15) is 0 Å². The maximum absolute atomic E-state index is 11.4. The van der Waals surface area contributed by atoms with Gasteiger partial charge < -0.3 is 9.84 Å². The number of morpholine rings is 1. The normalized spacial score (nSPS) is 18.9. The van der Waals surface area contributed by atoms with E-state index in [-0.39, 0.29) is 31.6 Å². The van der Waals surface area contributed by atoms with Crippen LogP contribution in [0.25, 0.3) is 0 Å². The summed E-state index contributed by atoms with van der Waals surface area (Å²) < 4.78 is 4.79. The van der Waals surface area contributed by atoms with Crippen molar-refractivity contribution in [2.75, 3.05) is 19.8 Å². The highest BCUT2D eigenvalue weighted by Crippen LogP contribution is 2.21. The molecule has 1 heterocycles. The van der Waals surface area contributed by atoms with Gasteiger partial charge in [0.15, 0.2) is 0 Å². The largest absolute Gasteiger partial charge is 0.396 e. The van der Waals surface area contributed by atoms with Gasteiger partial charge in [-0.1, -0.05) is 0 Å². The van der Waals surface area contributed by atoms with Crippen molar-refractivity contribution in [3.05, 3.63) is 0 Å². The maximum Gasteiger partial charge on any atom is 0.255 e. The van der Waals surface area contributed by atoms with Crippen molar-refractivity contribution in [3.8, 4) is 0 Å². The molecule has 0 atom stereocenters. The van der Waals surface area contributed by atoms with Crippen LogP contribution in [0.1, 0.15) is 20.3 Å². The van der Waals surface area contributed by atoms with Crippen LogP contribution in [0.4, 0.5) is 0 Å². The van der Waals surface area contributed by atoms with Crippen molar-refractivity contribution in [3.63, 3.8) is 0 Å². The first-order valence-corrected chi connectivity index (χ1v) is 4.53. The van der Waals surface area contributed by atoms with E-state index in [0.29, 0.717) is 6.42 Å². The Morgan fingerprint density at radius 1 is 1.36 bits per heavy atom. The third kappa shape index (κ3) is 2.10. The topological polar surface area (TPSA) is 66.8 Å². The molecule has 1 N–H and O–H groups in total. The molecule has 0 saturated carbocycles. The zero-order valence-corrected chi connectivity index (χ0v) is 8.45. The summed E-state index contributed by atoms with van der Waals surface area (Å²) in [5, 5.41) is 8.82. The van der Waals surface area contributed by atoms with E-state index in [1.54, 1.807) is 13.8 Å². The Hall–Kier alpha value is -0.940. The summed E-state index contributed by atoms with van der Waals surface area (Å²) in [7, 11) is 0. The summed E-state index contributed by atoms with van der Waals surface area (Å²) in [5.74, 6) is -0.667. The molecule has 0 aromatic carbocycles. The van der Waals surface area contributed by atoms with E-state index in [4.69, 9.17) is 9.84 Å². The number of carbonyl (C=O) groups excluding carboxylic acids is 2. The fourth-order valence-electron chi connectivity index (χ4n) is 1.55. The van der Waals surface area contributed by atoms with Crippen LogP contribution in [0.2, 0.25) is 0 Å². The van der Waals surface area contributed by atoms with Crippen LogP contribution < -0.4 is 0 Å². The fraction of sp³-hybridized carbons (Fsp3) is 0.778. The Morgan fingerprint density at radius 2 is 1.86 bits per heavy atom. The molecule has 0 aromatic heterocycles. The summed E-state index contributed by atoms with van der Waals surface area (Å²) in [5.41, 5.74) is -0.632. The molecule has 5 nitrogen and oxygen atoms in total. The van der Waals surface area contributed by atoms with Crippen LogP contribution in [0, 0.1) is 0 Å². The molecule has 0 bridgehead atoms. The molecule has 0 unspecified atom stereocenters. The van der Waals surface area contributed by atoms with Gasteiger partial charge in [-0.25, -0.2) is 0 Å². The lowest BCUT2D eigenvalue weighted by Gasteiger charge is -2.38. The molecule has 0 aromatic rings. The van der Waals surface area contributed by atoms with Gasteiger partial charge in [0.2, 0.25) is 0 Å². The number of hydrogen-bond donors (Lipinski definition) is 1. The van der Waals surface area contributed by atoms with Crippen LogP contribution in [-0.4, -0.2) is 47.2 Å². The van der Waals surface area contributed by atoms with E-state index in [0.717, 1.165) is 0 Å². The predicted octanol–water partition coefficient (Wildman–Crippen LogP) is -0.467. The minimum absolute atomic E-state index is 0.0507. The van der Waals surface area contributed by atoms with Gasteiger partial charge >= 0.3 is 0 Å². The molecule has 14 heavy (non-hydrogen) atoms. The minimum Gasteiger partial charge on any atom is -0.396 e. The third-order valence-electron chi connectivity index (χ3n) is 2.28. The van der Waals surface area contributed by atoms with Crippen molar-refractivity contribution >= 4 is 11.8 Å². The van der Waals surface area contributed by atoms with Crippen LogP contribution in [0.3, 0.4) is 0 Å². The van der Waals surface area contributed by atoms with E-state index in [9.17, 15) is 9.59 Å². The van der Waals surface area contributed by atoms with Gasteiger partial charge in [-0.15, -0.1) is 0 Å². The molecular weight excluding hydrogens is 186 g/mol. The molecule has 2 amide bonds. The van der Waals surface area contributed by atoms with Gasteiger partial charge in [0.05, 0.1) is 0 Å². The fourth-order valence-corrected chi connectivity index (χ4v) is 1.55. The standard InChI is InChI=1S/C9H15NO4/c1-9(2,3-4-11)10-7(12)5-14-6-8(10)13/h11H,3-6H2,1-2H3. The summed E-state index contributed by atoms with van der Waals surface area (Å²) in [4.78, 5) is 24.0. The van der Waals surface area contributed by atoms with E-state index in [1.165, 1.54) is 4.90 Å². The lowest BCUT2D eigenvalue weighted by Crippen LogP contribution is -2.56. The van der Waals surface area contributed by atoms with Crippen LogP contribution in [0.5, 0.6) is 0 Å². The maximum atomic E-state index is 11.4. The molecule has 1 rings (SSSR count). The van der Waals surface area contributed by atoms with Gasteiger partial charge in [0.25, 0.3) is 11.8 Å². The molecule has 0 aliphatic carbocycles. The monoisotopic (exact) mass is 201 g/mol. The lowest BCUT2D eigenvalue weighted by molar-refractivity contribution is -0.165. The quantitative estimate of drug-likeness (QED) is 0.627. The van der Waals surface area contributed by atoms with E-state index in [2.05, 4.69) is 0 Å². The highest BCUT2D eigenvalue weighted by Gasteiger charge is 2.37. The Morgan fingerprint density at radius 3 is 2.29 bits per heavy atom. The molecule has 1 aliphatic heterocycles. The molecule has 0 spiro atoms. The zero-order valence-electron chi connectivity index (χ0n) is 8.45. The van der Waals surface area contributed by atoms with Crippen molar-refractivity contribution in [2.24, 2.45) is 0 Å². The summed E-state index contributed by atoms with van der Waals surface area (Å²) >= 11 is 0. The molecule has 0 radical (unpaired) electrons. The molecule has 1 fully saturated rings. The van der Waals surface area contributed by atoms with Gasteiger partial charge in [-0.05, 0) is 20.3 Å². The number of nitrogens with zero attached hydrogens (tertiary/aromatic N) is 1. The smallest absolute Gasteiger partial charge is 0.255 e. The lowest BCUT2D eigenvalue weighted by atomic mass is 9.98. The first kappa shape index (κ1) is 11.1. The first-order valence-electron chi connectivity index (χ1n) is 4.53. The minimum atomic E-state index is -0.632. The number of hydrogen-bond acceptors (Lipinski definition) is 4. The SMILES string of the molecule is CC(C)(CCO)N1C(=O)COCC1=O. The summed E-state index contributed by atoms with van der Waals surface area (Å²) in [6, 6.07) is 0. The van der Waals surface area contributed by atoms with Gasteiger partial charge in [-0.3, -0.25) is 14.5 Å². The second-order valence-electron chi connectivity index (χ2n) is 3.90. The van der Waals surface area contributed by atoms with Crippen molar-refractivity contribution < 1.29 is 19.4 Å². The van der Waals surface area contributed by atoms with E-state index < -0.39 is 5.54 Å². The number of rotatable bonds is 3. The zero-order chi connectivity index (χ0) is 10.8. The molecule has 80 valence electrons. The first-order chi connectivity index (χ1) is 6.49. The Labute approximate surface area is 82.6 Å². The third-order valence-corrected chi connectivity index (χ3v) is 2.28. The number of amides is 2. The Bertz CT molecular complexity index is 233. The van der Waals surface area contributed by atoms with E-state index in [1.807, 2.05) is 0 Å². The number of ether oxygens (including phenoxy) is 1. The summed E-state index contributed by atoms with van der Waals surface area (Å²) in [6.45, 7) is 3.35. The van der Waals surface area contributed by atoms with Crippen molar-refractivity contribution in [1.29, 1.82) is 0 Å². The van der Waals surface area contributed by atoms with E-state index >= 15 is 0 Å². The molecule has 1 aliphatic rings. The number of carbonyl (C=O) groups is 2. The summed E-state index contributed by atoms with van der Waals surface area (Å²) in [6.07, 6.45) is 0.379.